The first-order valence-electron chi connectivity index (χ1n) is 37.1. The zero-order valence-electron chi connectivity index (χ0n) is 60.4. The van der Waals surface area contributed by atoms with Crippen LogP contribution in [-0.4, -0.2) is 39.9 Å². The van der Waals surface area contributed by atoms with Crippen molar-refractivity contribution in [2.75, 3.05) is 0 Å². The second-order valence-electron chi connectivity index (χ2n) is 27.9. The van der Waals surface area contributed by atoms with Crippen LogP contribution in [0.1, 0.15) is 11.1 Å². The van der Waals surface area contributed by atoms with E-state index in [1.807, 2.05) is 12.1 Å². The van der Waals surface area contributed by atoms with Crippen molar-refractivity contribution in [3.05, 3.63) is 387 Å². The van der Waals surface area contributed by atoms with E-state index in [9.17, 15) is 0 Å². The van der Waals surface area contributed by atoms with Crippen molar-refractivity contribution in [1.82, 2.24) is 39.9 Å². The molecule has 20 rings (SSSR count). The van der Waals surface area contributed by atoms with Crippen molar-refractivity contribution in [1.29, 1.82) is 0 Å². The van der Waals surface area contributed by atoms with Crippen LogP contribution in [0.2, 0.25) is 0 Å². The van der Waals surface area contributed by atoms with E-state index in [1.54, 1.807) is 0 Å². The highest BCUT2D eigenvalue weighted by Gasteiger charge is 2.21. The topological polar surface area (TPSA) is 103 Å². The van der Waals surface area contributed by atoms with Gasteiger partial charge in [0.15, 0.2) is 34.9 Å². The minimum atomic E-state index is 0.626. The quantitative estimate of drug-likeness (QED) is 0.111. The van der Waals surface area contributed by atoms with Crippen molar-refractivity contribution in [3.8, 4) is 135 Å². The first-order valence-corrected chi connectivity index (χ1v) is 37.1. The Hall–Kier alpha value is -14.6. The standard InChI is InChI=1S/C54H34N4.C48H34N4/c1-2-15-37(16-3-1)51-48-25-12-24-46(50(48)47-23-8-9-26-49(47)55-51)42-21-10-19-40(31-42)41-20-11-22-43(34-41)52-56-53(44-29-27-35-13-4-6-17-38(35)32-44)58-54(57-52)45-30-28-36-14-5-7-18-39(36)33-45;1-31-21-25-34(26-22-31)46-50-47(35-27-23-32(2)24-28-35)52-48(51-46)39-16-9-14-37(30-39)36-13-8-15-38(29-36)40-18-10-19-42-44(40)41-17-6-7-20-43(41)49-45(42)33-11-4-3-5-12-33/h1-34H;3-30H,1-2H3. The molecule has 8 nitrogen and oxygen atoms in total. The van der Waals surface area contributed by atoms with Gasteiger partial charge in [0.1, 0.15) is 0 Å². The van der Waals surface area contributed by atoms with E-state index in [2.05, 4.69) is 378 Å². The van der Waals surface area contributed by atoms with Gasteiger partial charge >= 0.3 is 0 Å². The summed E-state index contributed by atoms with van der Waals surface area (Å²) in [5.41, 5.74) is 23.2. The van der Waals surface area contributed by atoms with Crippen molar-refractivity contribution in [2.24, 2.45) is 0 Å². The maximum atomic E-state index is 5.17. The Labute approximate surface area is 637 Å². The Morgan fingerprint density at radius 2 is 0.436 bits per heavy atom. The van der Waals surface area contributed by atoms with E-state index in [1.165, 1.54) is 43.8 Å². The third-order valence-electron chi connectivity index (χ3n) is 20.7. The number of benzene rings is 16. The molecule has 0 saturated heterocycles. The van der Waals surface area contributed by atoms with Gasteiger partial charge in [-0.3, -0.25) is 0 Å². The summed E-state index contributed by atoms with van der Waals surface area (Å²) in [6, 6.07) is 132. The van der Waals surface area contributed by atoms with Gasteiger partial charge in [-0.25, -0.2) is 39.9 Å². The average Bonchev–Trinajstić information content (AvgIpc) is 0.753. The Morgan fingerprint density at radius 1 is 0.164 bits per heavy atom. The van der Waals surface area contributed by atoms with E-state index in [0.29, 0.717) is 34.9 Å². The Kier molecular flexibility index (Phi) is 17.2. The summed E-state index contributed by atoms with van der Waals surface area (Å²) in [4.78, 5) is 40.6. The van der Waals surface area contributed by atoms with Crippen LogP contribution in [-0.2, 0) is 0 Å². The van der Waals surface area contributed by atoms with Crippen molar-refractivity contribution >= 4 is 64.9 Å². The Morgan fingerprint density at radius 3 is 0.827 bits per heavy atom. The van der Waals surface area contributed by atoms with Gasteiger partial charge in [0, 0.05) is 76.8 Å². The summed E-state index contributed by atoms with van der Waals surface area (Å²) in [6.45, 7) is 4.17. The lowest BCUT2D eigenvalue weighted by Gasteiger charge is -2.15. The summed E-state index contributed by atoms with van der Waals surface area (Å²) in [6.07, 6.45) is 0. The molecule has 0 aliphatic heterocycles. The highest BCUT2D eigenvalue weighted by molar-refractivity contribution is 6.18. The van der Waals surface area contributed by atoms with Crippen LogP contribution in [0, 0.1) is 13.8 Å². The van der Waals surface area contributed by atoms with Gasteiger partial charge in [0.05, 0.1) is 22.4 Å². The number of aromatic nitrogens is 8. The molecule has 0 bridgehead atoms. The summed E-state index contributed by atoms with van der Waals surface area (Å²) < 4.78 is 0. The van der Waals surface area contributed by atoms with Crippen LogP contribution in [0.3, 0.4) is 0 Å². The monoisotopic (exact) mass is 1400 g/mol. The number of rotatable bonds is 12. The number of hydrogen-bond donors (Lipinski definition) is 0. The number of aryl methyl sites for hydroxylation is 2. The Balaban J connectivity index is 0.000000150. The molecule has 20 aromatic rings. The number of nitrogens with zero attached hydrogens (tertiary/aromatic N) is 8. The molecule has 0 fully saturated rings. The predicted octanol–water partition coefficient (Wildman–Crippen LogP) is 26.1. The van der Waals surface area contributed by atoms with Gasteiger partial charge in [-0.2, -0.15) is 0 Å². The molecule has 0 radical (unpaired) electrons. The molecular weight excluding hydrogens is 1340 g/mol. The van der Waals surface area contributed by atoms with Gasteiger partial charge in [-0.1, -0.05) is 339 Å². The summed E-state index contributed by atoms with van der Waals surface area (Å²) in [5.74, 6) is 3.85. The smallest absolute Gasteiger partial charge is 0.164 e. The fourth-order valence-corrected chi connectivity index (χ4v) is 15.1. The van der Waals surface area contributed by atoms with Crippen LogP contribution >= 0.6 is 0 Å². The highest BCUT2D eigenvalue weighted by Crippen LogP contribution is 2.43. The largest absolute Gasteiger partial charge is 0.247 e. The molecule has 0 amide bonds. The number of para-hydroxylation sites is 2. The molecule has 0 aliphatic rings. The molecule has 16 aromatic carbocycles. The van der Waals surface area contributed by atoms with E-state index < -0.39 is 0 Å². The second-order valence-corrected chi connectivity index (χ2v) is 27.9. The number of fused-ring (bicyclic) bond motifs is 8. The lowest BCUT2D eigenvalue weighted by molar-refractivity contribution is 1.07. The van der Waals surface area contributed by atoms with Gasteiger partial charge in [0.25, 0.3) is 0 Å². The maximum absolute atomic E-state index is 5.17. The third-order valence-corrected chi connectivity index (χ3v) is 20.7. The van der Waals surface area contributed by atoms with Crippen LogP contribution in [0.15, 0.2) is 376 Å². The van der Waals surface area contributed by atoms with Gasteiger partial charge < -0.3 is 0 Å². The molecule has 0 saturated carbocycles. The molecule has 0 N–H and O–H groups in total. The second kappa shape index (κ2) is 28.7. The fraction of sp³-hybridized carbons (Fsp3) is 0.0196. The average molecular weight is 1410 g/mol. The van der Waals surface area contributed by atoms with Crippen LogP contribution < -0.4 is 0 Å². The molecule has 0 unspecified atom stereocenters. The maximum Gasteiger partial charge on any atom is 0.164 e. The molecule has 516 valence electrons. The van der Waals surface area contributed by atoms with E-state index in [-0.39, 0.29) is 0 Å². The molecule has 0 atom stereocenters. The highest BCUT2D eigenvalue weighted by atomic mass is 15.0. The molecule has 0 spiro atoms. The van der Waals surface area contributed by atoms with Crippen molar-refractivity contribution in [2.45, 2.75) is 13.8 Å². The van der Waals surface area contributed by atoms with Gasteiger partial charge in [-0.05, 0) is 128 Å². The summed E-state index contributed by atoms with van der Waals surface area (Å²) in [7, 11) is 0. The van der Waals surface area contributed by atoms with Crippen LogP contribution in [0.25, 0.3) is 200 Å². The van der Waals surface area contributed by atoms with E-state index in [4.69, 9.17) is 39.9 Å². The minimum Gasteiger partial charge on any atom is -0.247 e. The van der Waals surface area contributed by atoms with Crippen molar-refractivity contribution in [3.63, 3.8) is 0 Å². The number of pyridine rings is 2. The first-order chi connectivity index (χ1) is 54.3. The summed E-state index contributed by atoms with van der Waals surface area (Å²) in [5, 5.41) is 11.6. The molecular formula is C102H68N8. The molecule has 110 heavy (non-hydrogen) atoms. The lowest BCUT2D eigenvalue weighted by atomic mass is 9.91. The van der Waals surface area contributed by atoms with E-state index in [0.717, 1.165) is 133 Å². The fourth-order valence-electron chi connectivity index (χ4n) is 15.1. The summed E-state index contributed by atoms with van der Waals surface area (Å²) >= 11 is 0. The zero-order valence-corrected chi connectivity index (χ0v) is 60.4. The minimum absolute atomic E-state index is 0.626. The van der Waals surface area contributed by atoms with Gasteiger partial charge in [-0.15, -0.1) is 0 Å². The Bertz CT molecular complexity index is 6760. The first kappa shape index (κ1) is 66.1. The lowest BCUT2D eigenvalue weighted by Crippen LogP contribution is -2.00. The molecule has 0 aliphatic carbocycles. The zero-order chi connectivity index (χ0) is 73.4. The van der Waals surface area contributed by atoms with E-state index >= 15 is 0 Å². The molecule has 4 heterocycles. The third kappa shape index (κ3) is 13.0. The van der Waals surface area contributed by atoms with Crippen LogP contribution in [0.4, 0.5) is 0 Å². The SMILES string of the molecule is Cc1ccc(-c2nc(-c3ccc(C)cc3)nc(-c3cccc(-c4cccc(-c5cccc6c(-c7ccccc7)nc7ccccc7c56)c4)c3)n2)cc1.c1ccc(-c2nc3ccccc3c3c(-c4cccc(-c5cccc(-c6nc(-c7ccc8ccccc8c7)nc(-c7ccc8ccccc8c7)n6)c5)c4)cccc23)cc1. The van der Waals surface area contributed by atoms with Crippen molar-refractivity contribution < 1.29 is 0 Å². The van der Waals surface area contributed by atoms with Gasteiger partial charge in [0.2, 0.25) is 0 Å². The normalized spacial score (nSPS) is 11.4. The molecule has 4 aromatic heterocycles. The molecule has 8 heteroatoms. The number of hydrogen-bond acceptors (Lipinski definition) is 8. The van der Waals surface area contributed by atoms with Crippen LogP contribution in [0.5, 0.6) is 0 Å². The predicted molar refractivity (Wildman–Crippen MR) is 455 cm³/mol.